The van der Waals surface area contributed by atoms with Gasteiger partial charge in [-0.25, -0.2) is 4.79 Å². The van der Waals surface area contributed by atoms with E-state index in [9.17, 15) is 4.79 Å². The Morgan fingerprint density at radius 3 is 2.94 bits per heavy atom. The Labute approximate surface area is 101 Å². The first-order valence-electron chi connectivity index (χ1n) is 5.52. The second-order valence-corrected chi connectivity index (χ2v) is 4.77. The number of ether oxygens (including phenoxy) is 1. The normalized spacial score (nSPS) is 10.8. The van der Waals surface area contributed by atoms with Gasteiger partial charge in [-0.15, -0.1) is 11.3 Å². The van der Waals surface area contributed by atoms with Crippen LogP contribution in [0.15, 0.2) is 11.4 Å². The lowest BCUT2D eigenvalue weighted by Gasteiger charge is -2.15. The van der Waals surface area contributed by atoms with Gasteiger partial charge in [0.1, 0.15) is 4.88 Å². The minimum atomic E-state index is -0.228. The summed E-state index contributed by atoms with van der Waals surface area (Å²) in [6.45, 7) is 4.05. The van der Waals surface area contributed by atoms with E-state index in [1.165, 1.54) is 31.3 Å². The summed E-state index contributed by atoms with van der Waals surface area (Å²) in [6.07, 6.45) is 2.38. The monoisotopic (exact) mass is 241 g/mol. The Kier molecular flexibility index (Phi) is 5.49. The van der Waals surface area contributed by atoms with Gasteiger partial charge in [0.2, 0.25) is 0 Å². The molecule has 0 spiro atoms. The summed E-state index contributed by atoms with van der Waals surface area (Å²) >= 11 is 1.45. The molecule has 1 aromatic heterocycles. The van der Waals surface area contributed by atoms with Crippen LogP contribution in [0.3, 0.4) is 0 Å². The molecule has 4 heteroatoms. The summed E-state index contributed by atoms with van der Waals surface area (Å²) in [5.74, 6) is -0.228. The van der Waals surface area contributed by atoms with Crippen molar-refractivity contribution in [2.45, 2.75) is 26.3 Å². The van der Waals surface area contributed by atoms with Crippen molar-refractivity contribution in [1.82, 2.24) is 4.90 Å². The first kappa shape index (κ1) is 13.2. The van der Waals surface area contributed by atoms with Crippen LogP contribution in [0.4, 0.5) is 0 Å². The molecule has 0 aromatic carbocycles. The molecule has 0 saturated carbocycles. The molecule has 90 valence electrons. The van der Waals surface area contributed by atoms with Crippen LogP contribution >= 0.6 is 11.3 Å². The van der Waals surface area contributed by atoms with E-state index in [0.29, 0.717) is 0 Å². The first-order valence-corrected chi connectivity index (χ1v) is 6.40. The Morgan fingerprint density at radius 2 is 2.31 bits per heavy atom. The van der Waals surface area contributed by atoms with Gasteiger partial charge in [-0.1, -0.05) is 13.3 Å². The Bertz CT molecular complexity index is 336. The van der Waals surface area contributed by atoms with Crippen LogP contribution in [0, 0.1) is 0 Å². The van der Waals surface area contributed by atoms with Crippen LogP contribution in [0.25, 0.3) is 0 Å². The van der Waals surface area contributed by atoms with Crippen molar-refractivity contribution in [3.8, 4) is 0 Å². The highest BCUT2D eigenvalue weighted by Crippen LogP contribution is 2.19. The maximum atomic E-state index is 11.5. The van der Waals surface area contributed by atoms with E-state index in [0.717, 1.165) is 23.5 Å². The van der Waals surface area contributed by atoms with Crippen LogP contribution in [0.1, 0.15) is 35.0 Å². The van der Waals surface area contributed by atoms with Gasteiger partial charge in [0.25, 0.3) is 0 Å². The lowest BCUT2D eigenvalue weighted by Crippen LogP contribution is -2.19. The third-order valence-corrected chi connectivity index (χ3v) is 3.39. The SMILES string of the molecule is CCCCN(C)Cc1ccsc1C(=O)OC. The summed E-state index contributed by atoms with van der Waals surface area (Å²) in [4.78, 5) is 14.4. The van der Waals surface area contributed by atoms with Crippen LogP contribution in [-0.2, 0) is 11.3 Å². The minimum absolute atomic E-state index is 0.228. The zero-order valence-electron chi connectivity index (χ0n) is 10.2. The second-order valence-electron chi connectivity index (χ2n) is 3.86. The summed E-state index contributed by atoms with van der Waals surface area (Å²) in [6, 6.07) is 2.00. The molecule has 0 bridgehead atoms. The van der Waals surface area contributed by atoms with E-state index in [1.54, 1.807) is 0 Å². The lowest BCUT2D eigenvalue weighted by atomic mass is 10.2. The summed E-state index contributed by atoms with van der Waals surface area (Å²) < 4.78 is 4.75. The number of methoxy groups -OCH3 is 1. The van der Waals surface area contributed by atoms with Crippen LogP contribution in [0.5, 0.6) is 0 Å². The number of unbranched alkanes of at least 4 members (excludes halogenated alkanes) is 1. The van der Waals surface area contributed by atoms with Crippen molar-refractivity contribution >= 4 is 17.3 Å². The van der Waals surface area contributed by atoms with Gasteiger partial charge in [0.15, 0.2) is 0 Å². The Hall–Kier alpha value is -0.870. The fourth-order valence-electron chi connectivity index (χ4n) is 1.53. The molecule has 0 atom stereocenters. The molecule has 1 heterocycles. The summed E-state index contributed by atoms with van der Waals surface area (Å²) in [7, 11) is 3.50. The zero-order valence-corrected chi connectivity index (χ0v) is 11.0. The van der Waals surface area contributed by atoms with Gasteiger partial charge >= 0.3 is 5.97 Å². The molecule has 0 fully saturated rings. The van der Waals surface area contributed by atoms with E-state index < -0.39 is 0 Å². The number of esters is 1. The highest BCUT2D eigenvalue weighted by molar-refractivity contribution is 7.12. The Balaban J connectivity index is 2.59. The highest BCUT2D eigenvalue weighted by Gasteiger charge is 2.14. The molecule has 0 radical (unpaired) electrons. The van der Waals surface area contributed by atoms with Crippen molar-refractivity contribution in [3.63, 3.8) is 0 Å². The highest BCUT2D eigenvalue weighted by atomic mass is 32.1. The van der Waals surface area contributed by atoms with Crippen molar-refractivity contribution in [2.75, 3.05) is 20.7 Å². The van der Waals surface area contributed by atoms with Crippen LogP contribution in [-0.4, -0.2) is 31.6 Å². The van der Waals surface area contributed by atoms with Gasteiger partial charge in [0.05, 0.1) is 7.11 Å². The molecule has 0 unspecified atom stereocenters. The first-order chi connectivity index (χ1) is 7.69. The minimum Gasteiger partial charge on any atom is -0.465 e. The molecule has 0 aliphatic heterocycles. The maximum absolute atomic E-state index is 11.5. The van der Waals surface area contributed by atoms with Gasteiger partial charge in [-0.2, -0.15) is 0 Å². The van der Waals surface area contributed by atoms with Gasteiger partial charge in [-0.3, -0.25) is 0 Å². The van der Waals surface area contributed by atoms with Gasteiger partial charge in [0, 0.05) is 6.54 Å². The number of nitrogens with zero attached hydrogens (tertiary/aromatic N) is 1. The average molecular weight is 241 g/mol. The standard InChI is InChI=1S/C12H19NO2S/c1-4-5-7-13(2)9-10-6-8-16-11(10)12(14)15-3/h6,8H,4-5,7,9H2,1-3H3. The molecular weight excluding hydrogens is 222 g/mol. The quantitative estimate of drug-likeness (QED) is 0.717. The maximum Gasteiger partial charge on any atom is 0.348 e. The fraction of sp³-hybridized carbons (Fsp3) is 0.583. The topological polar surface area (TPSA) is 29.5 Å². The number of rotatable bonds is 6. The van der Waals surface area contributed by atoms with Crippen molar-refractivity contribution in [3.05, 3.63) is 21.9 Å². The summed E-state index contributed by atoms with van der Waals surface area (Å²) in [5.41, 5.74) is 1.07. The zero-order chi connectivity index (χ0) is 12.0. The fourth-order valence-corrected chi connectivity index (χ4v) is 2.36. The molecule has 3 nitrogen and oxygen atoms in total. The van der Waals surface area contributed by atoms with E-state index in [1.807, 2.05) is 11.4 Å². The number of hydrogen-bond donors (Lipinski definition) is 0. The Morgan fingerprint density at radius 1 is 1.56 bits per heavy atom. The largest absolute Gasteiger partial charge is 0.465 e. The molecular formula is C12H19NO2S. The third kappa shape index (κ3) is 3.61. The predicted molar refractivity (Wildman–Crippen MR) is 66.9 cm³/mol. The van der Waals surface area contributed by atoms with Gasteiger partial charge in [-0.05, 0) is 37.0 Å². The molecule has 1 rings (SSSR count). The van der Waals surface area contributed by atoms with E-state index in [-0.39, 0.29) is 5.97 Å². The third-order valence-electron chi connectivity index (χ3n) is 2.45. The van der Waals surface area contributed by atoms with Crippen molar-refractivity contribution < 1.29 is 9.53 Å². The molecule has 0 amide bonds. The lowest BCUT2D eigenvalue weighted by molar-refractivity contribution is 0.0604. The second kappa shape index (κ2) is 6.66. The predicted octanol–water partition coefficient (Wildman–Crippen LogP) is 2.77. The molecule has 0 N–H and O–H groups in total. The molecule has 16 heavy (non-hydrogen) atoms. The molecule has 0 aliphatic carbocycles. The molecule has 0 aliphatic rings. The van der Waals surface area contributed by atoms with E-state index >= 15 is 0 Å². The number of thiophene rings is 1. The van der Waals surface area contributed by atoms with Crippen LogP contribution < -0.4 is 0 Å². The van der Waals surface area contributed by atoms with E-state index in [4.69, 9.17) is 4.74 Å². The molecule has 0 saturated heterocycles. The van der Waals surface area contributed by atoms with Gasteiger partial charge < -0.3 is 9.64 Å². The summed E-state index contributed by atoms with van der Waals surface area (Å²) in [5, 5.41) is 1.94. The average Bonchev–Trinajstić information content (AvgIpc) is 2.73. The van der Waals surface area contributed by atoms with E-state index in [2.05, 4.69) is 18.9 Å². The smallest absolute Gasteiger partial charge is 0.348 e. The van der Waals surface area contributed by atoms with Crippen molar-refractivity contribution in [1.29, 1.82) is 0 Å². The van der Waals surface area contributed by atoms with Crippen LogP contribution in [0.2, 0.25) is 0 Å². The number of hydrogen-bond acceptors (Lipinski definition) is 4. The molecule has 1 aromatic rings. The van der Waals surface area contributed by atoms with Crippen molar-refractivity contribution in [2.24, 2.45) is 0 Å². The number of carbonyl (C=O) groups is 1. The number of carbonyl (C=O) groups excluding carboxylic acids is 1.